The van der Waals surface area contributed by atoms with E-state index in [1.54, 1.807) is 7.11 Å². The van der Waals surface area contributed by atoms with Crippen molar-refractivity contribution in [2.75, 3.05) is 40.1 Å². The lowest BCUT2D eigenvalue weighted by Crippen LogP contribution is -2.46. The fourth-order valence-corrected chi connectivity index (χ4v) is 8.02. The molecule has 0 unspecified atom stereocenters. The second-order valence-electron chi connectivity index (χ2n) is 16.9. The third-order valence-electron chi connectivity index (χ3n) is 11.7. The molecule has 0 aliphatic carbocycles. The maximum Gasteiger partial charge on any atom is 0.183 e. The van der Waals surface area contributed by atoms with Gasteiger partial charge in [0.2, 0.25) is 0 Å². The maximum atomic E-state index is 6.67. The smallest absolute Gasteiger partial charge is 0.183 e. The highest BCUT2D eigenvalue weighted by atomic mass is 16.7. The molecule has 2 aromatic rings. The quantitative estimate of drug-likeness (QED) is 0.0647. The Labute approximate surface area is 339 Å². The van der Waals surface area contributed by atoms with E-state index in [-0.39, 0.29) is 5.41 Å². The molecule has 0 amide bonds. The van der Waals surface area contributed by atoms with E-state index >= 15 is 0 Å². The fourth-order valence-electron chi connectivity index (χ4n) is 8.02. The number of benzene rings is 2. The molecular formula is C50H84O5. The lowest BCUT2D eigenvalue weighted by atomic mass is 9.90. The van der Waals surface area contributed by atoms with Crippen LogP contribution in [0.5, 0.6) is 5.75 Å². The number of hydrogen-bond acceptors (Lipinski definition) is 5. The van der Waals surface area contributed by atoms with E-state index < -0.39 is 6.29 Å². The summed E-state index contributed by atoms with van der Waals surface area (Å²) in [6.07, 6.45) is 35.7. The van der Waals surface area contributed by atoms with Crippen LogP contribution in [0.15, 0.2) is 54.6 Å². The van der Waals surface area contributed by atoms with Crippen LogP contribution in [0.2, 0.25) is 0 Å². The summed E-state index contributed by atoms with van der Waals surface area (Å²) in [6.45, 7) is 8.21. The van der Waals surface area contributed by atoms with E-state index in [9.17, 15) is 0 Å². The molecule has 5 nitrogen and oxygen atoms in total. The number of rotatable bonds is 36. The van der Waals surface area contributed by atoms with Gasteiger partial charge in [0.25, 0.3) is 0 Å². The van der Waals surface area contributed by atoms with E-state index in [4.69, 9.17) is 23.7 Å². The van der Waals surface area contributed by atoms with E-state index in [0.717, 1.165) is 17.9 Å². The molecule has 55 heavy (non-hydrogen) atoms. The Kier molecular flexibility index (Phi) is 27.7. The van der Waals surface area contributed by atoms with Crippen LogP contribution in [-0.4, -0.2) is 40.1 Å². The van der Waals surface area contributed by atoms with Crippen molar-refractivity contribution in [2.45, 2.75) is 194 Å². The predicted octanol–water partition coefficient (Wildman–Crippen LogP) is 14.8. The van der Waals surface area contributed by atoms with Crippen molar-refractivity contribution >= 4 is 0 Å². The van der Waals surface area contributed by atoms with Crippen molar-refractivity contribution in [3.05, 3.63) is 65.7 Å². The van der Waals surface area contributed by atoms with Crippen LogP contribution in [0.3, 0.4) is 0 Å². The summed E-state index contributed by atoms with van der Waals surface area (Å²) in [5.74, 6) is 1.45. The van der Waals surface area contributed by atoms with E-state index in [1.165, 1.54) is 173 Å². The second kappa shape index (κ2) is 32.1. The SMILES string of the molecule is CCCCCCCCCCCCCCC(CCCCCCCCCCCCCC)COCC1(COCc2ccccc2)COC(c2ccc(OC)cc2)OC1. The van der Waals surface area contributed by atoms with E-state index in [1.807, 2.05) is 30.3 Å². The summed E-state index contributed by atoms with van der Waals surface area (Å²) in [5.41, 5.74) is 1.84. The fraction of sp³-hybridized carbons (Fsp3) is 0.760. The standard InChI is InChI=1S/C50H84O5/c1-4-6-8-10-12-14-16-18-20-22-24-27-31-45(32-28-25-23-21-19-17-15-13-11-9-7-5-2)39-52-41-50(42-53-40-46-33-29-26-30-34-46)43-54-49(55-44-50)47-35-37-48(51-3)38-36-47/h26,29-30,33-38,45,49H,4-25,27-28,31-32,39-44H2,1-3H3. The minimum absolute atomic E-state index is 0.339. The maximum absolute atomic E-state index is 6.67. The topological polar surface area (TPSA) is 46.2 Å². The molecule has 0 N–H and O–H groups in total. The molecule has 1 saturated heterocycles. The molecular weight excluding hydrogens is 681 g/mol. The molecule has 5 heteroatoms. The van der Waals surface area contributed by atoms with Gasteiger partial charge in [-0.3, -0.25) is 0 Å². The summed E-state index contributed by atoms with van der Waals surface area (Å²) >= 11 is 0. The first kappa shape index (κ1) is 47.5. The Morgan fingerprint density at radius 1 is 0.545 bits per heavy atom. The zero-order valence-corrected chi connectivity index (χ0v) is 36.0. The number of methoxy groups -OCH3 is 1. The molecule has 0 saturated carbocycles. The molecule has 1 aliphatic rings. The largest absolute Gasteiger partial charge is 0.497 e. The molecule has 0 bridgehead atoms. The molecule has 2 aromatic carbocycles. The Morgan fingerprint density at radius 2 is 0.982 bits per heavy atom. The Balaban J connectivity index is 1.44. The van der Waals surface area contributed by atoms with Crippen molar-refractivity contribution in [1.29, 1.82) is 0 Å². The second-order valence-corrected chi connectivity index (χ2v) is 16.9. The van der Waals surface area contributed by atoms with Gasteiger partial charge in [-0.25, -0.2) is 0 Å². The molecule has 1 fully saturated rings. The highest BCUT2D eigenvalue weighted by molar-refractivity contribution is 5.28. The lowest BCUT2D eigenvalue weighted by Gasteiger charge is -2.40. The van der Waals surface area contributed by atoms with Crippen LogP contribution in [0, 0.1) is 11.3 Å². The van der Waals surface area contributed by atoms with E-state index in [0.29, 0.717) is 39.0 Å². The summed E-state index contributed by atoms with van der Waals surface area (Å²) in [5, 5.41) is 0. The monoisotopic (exact) mass is 765 g/mol. The van der Waals surface area contributed by atoms with Crippen LogP contribution in [0.4, 0.5) is 0 Å². The molecule has 0 aromatic heterocycles. The van der Waals surface area contributed by atoms with Crippen molar-refractivity contribution < 1.29 is 23.7 Å². The van der Waals surface area contributed by atoms with Crippen molar-refractivity contribution in [2.24, 2.45) is 11.3 Å². The normalized spacial score (nSPS) is 17.3. The summed E-state index contributed by atoms with van der Waals surface area (Å²) in [4.78, 5) is 0. The minimum atomic E-state index is -0.391. The Hall–Kier alpha value is -1.92. The molecule has 314 valence electrons. The third kappa shape index (κ3) is 22.6. The van der Waals surface area contributed by atoms with Gasteiger partial charge in [0.1, 0.15) is 5.75 Å². The molecule has 0 atom stereocenters. The van der Waals surface area contributed by atoms with Gasteiger partial charge in [-0.15, -0.1) is 0 Å². The molecule has 1 aliphatic heterocycles. The van der Waals surface area contributed by atoms with Crippen LogP contribution in [-0.2, 0) is 25.6 Å². The van der Waals surface area contributed by atoms with Gasteiger partial charge in [-0.05, 0) is 36.5 Å². The summed E-state index contributed by atoms with van der Waals surface area (Å²) in [7, 11) is 1.69. The van der Waals surface area contributed by atoms with Crippen LogP contribution < -0.4 is 4.74 Å². The zero-order valence-electron chi connectivity index (χ0n) is 36.0. The zero-order chi connectivity index (χ0) is 38.9. The molecule has 0 spiro atoms. The highest BCUT2D eigenvalue weighted by Gasteiger charge is 2.38. The van der Waals surface area contributed by atoms with Crippen LogP contribution in [0.1, 0.15) is 198 Å². The van der Waals surface area contributed by atoms with Crippen molar-refractivity contribution in [3.63, 3.8) is 0 Å². The van der Waals surface area contributed by atoms with Gasteiger partial charge in [0.05, 0.1) is 45.6 Å². The number of ether oxygens (including phenoxy) is 5. The van der Waals surface area contributed by atoms with Crippen molar-refractivity contribution in [1.82, 2.24) is 0 Å². The van der Waals surface area contributed by atoms with Gasteiger partial charge in [-0.1, -0.05) is 210 Å². The summed E-state index contributed by atoms with van der Waals surface area (Å²) < 4.78 is 31.1. The first-order valence-electron chi connectivity index (χ1n) is 23.2. The lowest BCUT2D eigenvalue weighted by molar-refractivity contribution is -0.255. The van der Waals surface area contributed by atoms with Gasteiger partial charge >= 0.3 is 0 Å². The number of unbranched alkanes of at least 4 members (excludes halogenated alkanes) is 22. The third-order valence-corrected chi connectivity index (χ3v) is 11.7. The Morgan fingerprint density at radius 3 is 1.44 bits per heavy atom. The first-order chi connectivity index (χ1) is 27.2. The number of hydrogen-bond donors (Lipinski definition) is 0. The molecule has 3 rings (SSSR count). The highest BCUT2D eigenvalue weighted by Crippen LogP contribution is 2.34. The van der Waals surface area contributed by atoms with Crippen LogP contribution >= 0.6 is 0 Å². The molecule has 1 heterocycles. The minimum Gasteiger partial charge on any atom is -0.497 e. The Bertz CT molecular complexity index is 1080. The first-order valence-corrected chi connectivity index (χ1v) is 23.2. The summed E-state index contributed by atoms with van der Waals surface area (Å²) in [6, 6.07) is 18.4. The van der Waals surface area contributed by atoms with Crippen molar-refractivity contribution in [3.8, 4) is 5.75 Å². The van der Waals surface area contributed by atoms with E-state index in [2.05, 4.69) is 38.1 Å². The van der Waals surface area contributed by atoms with Gasteiger partial charge in [0, 0.05) is 12.2 Å². The molecule has 0 radical (unpaired) electrons. The van der Waals surface area contributed by atoms with Gasteiger partial charge < -0.3 is 23.7 Å². The average molecular weight is 765 g/mol. The van der Waals surface area contributed by atoms with Gasteiger partial charge in [-0.2, -0.15) is 0 Å². The van der Waals surface area contributed by atoms with Crippen LogP contribution in [0.25, 0.3) is 0 Å². The van der Waals surface area contributed by atoms with Gasteiger partial charge in [0.15, 0.2) is 6.29 Å². The average Bonchev–Trinajstić information content (AvgIpc) is 3.22. The predicted molar refractivity (Wildman–Crippen MR) is 232 cm³/mol.